The highest BCUT2D eigenvalue weighted by Gasteiger charge is 2.52. The van der Waals surface area contributed by atoms with Crippen LogP contribution < -0.4 is 37.3 Å². The van der Waals surface area contributed by atoms with Gasteiger partial charge in [-0.05, 0) is 123 Å². The maximum atomic E-state index is 14.7. The second kappa shape index (κ2) is 24.5. The van der Waals surface area contributed by atoms with Crippen LogP contribution in [0.15, 0.2) is 301 Å². The summed E-state index contributed by atoms with van der Waals surface area (Å²) in [6.45, 7) is 8.25. The molecule has 449 valence electrons. The van der Waals surface area contributed by atoms with E-state index in [0.29, 0.717) is 0 Å². The normalized spacial score (nSPS) is 13.7. The minimum absolute atomic E-state index is 0. The average Bonchev–Trinajstić information content (AvgIpc) is 1.57. The smallest absolute Gasteiger partial charge is 0.456 e. The molecule has 17 rings (SSSR count). The van der Waals surface area contributed by atoms with Crippen molar-refractivity contribution >= 4 is 171 Å². The molecule has 12 aromatic carbocycles. The Kier molecular flexibility index (Phi) is 16.4. The Labute approximate surface area is 544 Å². The minimum atomic E-state index is -3.01. The lowest BCUT2D eigenvalue weighted by molar-refractivity contribution is 0.00578. The highest BCUT2D eigenvalue weighted by Crippen LogP contribution is 2.46. The summed E-state index contributed by atoms with van der Waals surface area (Å²) in [7, 11) is -6.24. The fourth-order valence-electron chi connectivity index (χ4n) is 12.4. The lowest BCUT2D eigenvalue weighted by atomic mass is 9.79. The van der Waals surface area contributed by atoms with Crippen LogP contribution in [0.3, 0.4) is 0 Å². The molecule has 4 aromatic heterocycles. The monoisotopic (exact) mass is 1300 g/mol. The molecule has 92 heavy (non-hydrogen) atoms. The number of furan rings is 4. The molecular formula is C79H62B2BrO8P2. The number of hydrogen-bond acceptors (Lipinski definition) is 8. The largest absolute Gasteiger partial charge is 0.494 e. The van der Waals surface area contributed by atoms with Crippen molar-refractivity contribution in [2.24, 2.45) is 0 Å². The Balaban J connectivity index is 0.000000131. The van der Waals surface area contributed by atoms with Gasteiger partial charge in [0.15, 0.2) is 14.3 Å². The third-order valence-electron chi connectivity index (χ3n) is 17.7. The lowest BCUT2D eigenvalue weighted by Gasteiger charge is -2.32. The summed E-state index contributed by atoms with van der Waals surface area (Å²) in [5.41, 5.74) is 9.13. The minimum Gasteiger partial charge on any atom is -0.456 e. The first-order valence-electron chi connectivity index (χ1n) is 29.9. The fourth-order valence-corrected chi connectivity index (χ4v) is 18.0. The number of benzene rings is 12. The van der Waals surface area contributed by atoms with Gasteiger partial charge in [0.2, 0.25) is 0 Å². The Morgan fingerprint density at radius 2 is 0.620 bits per heavy atom. The van der Waals surface area contributed by atoms with Crippen molar-refractivity contribution in [2.45, 2.75) is 46.3 Å². The van der Waals surface area contributed by atoms with Crippen LogP contribution in [0.2, 0.25) is 0 Å². The first-order chi connectivity index (χ1) is 43.7. The van der Waals surface area contributed by atoms with E-state index in [1.807, 2.05) is 224 Å². The van der Waals surface area contributed by atoms with Crippen molar-refractivity contribution in [3.63, 3.8) is 0 Å². The van der Waals surface area contributed by atoms with Crippen LogP contribution in [-0.4, -0.2) is 26.7 Å². The van der Waals surface area contributed by atoms with E-state index in [4.69, 9.17) is 27.0 Å². The van der Waals surface area contributed by atoms with Crippen LogP contribution in [0.5, 0.6) is 0 Å². The third-order valence-corrected chi connectivity index (χ3v) is 24.4. The summed E-state index contributed by atoms with van der Waals surface area (Å²) >= 11 is 3.43. The van der Waals surface area contributed by atoms with Crippen LogP contribution in [0, 0.1) is 0 Å². The van der Waals surface area contributed by atoms with E-state index in [2.05, 4.69) is 98.2 Å². The number of rotatable bonds is 8. The molecule has 0 amide bonds. The van der Waals surface area contributed by atoms with Gasteiger partial charge in [-0.2, -0.15) is 0 Å². The van der Waals surface area contributed by atoms with E-state index in [1.165, 1.54) is 0 Å². The molecule has 0 atom stereocenters. The standard InChI is InChI=1S/C36H23O3P.C24H21BO4.C18H14BrOP.CH4.B/c37-40(26-9-3-1-4-10-26,27-11-5-2-6-12-27)28-18-15-24(16-19-28)25-17-20-30-34(23-25)39-33-22-21-32-35(36(30)33)29-13-7-8-14-31(29)38-32;1-23(2)24(3,4)29-25(28-23)14-9-10-16-20(13-14)27-19-12-11-18-21(22(16)19)15-7-5-6-8-17(15)26-18;19-15-11-13-18(14-12-15)21(20,16-7-3-1-4-8-16)17-9-5-2-6-10-17;;/h1-23H;5-13H,1-4H3;1-14H;1H4;. The van der Waals surface area contributed by atoms with Gasteiger partial charge in [-0.1, -0.05) is 224 Å². The van der Waals surface area contributed by atoms with E-state index in [1.54, 1.807) is 0 Å². The van der Waals surface area contributed by atoms with Crippen LogP contribution in [-0.2, 0) is 18.4 Å². The molecule has 0 N–H and O–H groups in total. The second-order valence-electron chi connectivity index (χ2n) is 23.7. The van der Waals surface area contributed by atoms with Gasteiger partial charge < -0.3 is 36.1 Å². The number of hydrogen-bond donors (Lipinski definition) is 0. The molecule has 16 aromatic rings. The zero-order valence-corrected chi connectivity index (χ0v) is 53.6. The lowest BCUT2D eigenvalue weighted by Crippen LogP contribution is -2.41. The molecule has 0 aliphatic carbocycles. The molecule has 1 aliphatic heterocycles. The second-order valence-corrected chi connectivity index (χ2v) is 30.1. The SMILES string of the molecule is C.CC1(C)OB(c2ccc3c(c2)oc2ccc4oc5ccccc5c4c23)OC1(C)C.O=P(c1ccccc1)(c1ccccc1)c1ccc(-c2ccc3c(c2)oc2ccc4oc5ccccc5c4c23)cc1.O=P(c1ccccc1)(c1ccccc1)c1ccc(Br)cc1.[B]. The van der Waals surface area contributed by atoms with Crippen LogP contribution >= 0.6 is 30.2 Å². The van der Waals surface area contributed by atoms with Crippen LogP contribution in [0.25, 0.3) is 98.9 Å². The molecule has 8 nitrogen and oxygen atoms in total. The van der Waals surface area contributed by atoms with Gasteiger partial charge in [0, 0.05) is 87.8 Å². The van der Waals surface area contributed by atoms with Gasteiger partial charge in [0.05, 0.1) is 11.2 Å². The van der Waals surface area contributed by atoms with Gasteiger partial charge in [0.25, 0.3) is 0 Å². The summed E-state index contributed by atoms with van der Waals surface area (Å²) < 4.78 is 66.8. The highest BCUT2D eigenvalue weighted by atomic mass is 79.9. The Hall–Kier alpha value is -9.17. The van der Waals surface area contributed by atoms with Gasteiger partial charge in [-0.15, -0.1) is 0 Å². The van der Waals surface area contributed by atoms with Crippen molar-refractivity contribution in [1.29, 1.82) is 0 Å². The molecule has 0 unspecified atom stereocenters. The molecule has 1 fully saturated rings. The van der Waals surface area contributed by atoms with E-state index >= 15 is 0 Å². The topological polar surface area (TPSA) is 105 Å². The Morgan fingerprint density at radius 1 is 0.315 bits per heavy atom. The average molecular weight is 1300 g/mol. The van der Waals surface area contributed by atoms with Gasteiger partial charge in [0.1, 0.15) is 44.7 Å². The number of para-hydroxylation sites is 2. The summed E-state index contributed by atoms with van der Waals surface area (Å²) in [4.78, 5) is 0. The summed E-state index contributed by atoms with van der Waals surface area (Å²) in [5, 5.41) is 13.7. The van der Waals surface area contributed by atoms with E-state index in [0.717, 1.165) is 141 Å². The summed E-state index contributed by atoms with van der Waals surface area (Å²) in [5.74, 6) is 0. The zero-order chi connectivity index (χ0) is 61.4. The van der Waals surface area contributed by atoms with E-state index in [9.17, 15) is 9.13 Å². The molecule has 13 heteroatoms. The Bertz CT molecular complexity index is 5350. The van der Waals surface area contributed by atoms with Crippen LogP contribution in [0.1, 0.15) is 35.1 Å². The van der Waals surface area contributed by atoms with E-state index in [-0.39, 0.29) is 27.0 Å². The molecular weight excluding hydrogens is 1240 g/mol. The molecule has 1 aliphatic rings. The van der Waals surface area contributed by atoms with Crippen molar-refractivity contribution < 1.29 is 36.1 Å². The zero-order valence-electron chi connectivity index (χ0n) is 50.3. The third kappa shape index (κ3) is 10.7. The maximum absolute atomic E-state index is 14.7. The van der Waals surface area contributed by atoms with E-state index < -0.39 is 21.4 Å². The number of halogens is 1. The predicted octanol–water partition coefficient (Wildman–Crippen LogP) is 18.9. The molecule has 5 heterocycles. The van der Waals surface area contributed by atoms with Crippen LogP contribution in [0.4, 0.5) is 0 Å². The molecule has 0 bridgehead atoms. The Morgan fingerprint density at radius 3 is 1.02 bits per heavy atom. The molecule has 0 spiro atoms. The van der Waals surface area contributed by atoms with Crippen molar-refractivity contribution in [3.05, 3.63) is 284 Å². The molecule has 3 radical (unpaired) electrons. The van der Waals surface area contributed by atoms with Crippen molar-refractivity contribution in [3.8, 4) is 11.1 Å². The van der Waals surface area contributed by atoms with Gasteiger partial charge in [-0.3, -0.25) is 0 Å². The number of fused-ring (bicyclic) bond motifs is 14. The maximum Gasteiger partial charge on any atom is 0.494 e. The van der Waals surface area contributed by atoms with Crippen molar-refractivity contribution in [2.75, 3.05) is 0 Å². The van der Waals surface area contributed by atoms with Gasteiger partial charge in [-0.25, -0.2) is 0 Å². The highest BCUT2D eigenvalue weighted by molar-refractivity contribution is 9.10. The predicted molar refractivity (Wildman–Crippen MR) is 389 cm³/mol. The summed E-state index contributed by atoms with van der Waals surface area (Å²) in [6.07, 6.45) is 0. The first-order valence-corrected chi connectivity index (χ1v) is 34.1. The summed E-state index contributed by atoms with van der Waals surface area (Å²) in [6, 6.07) is 91.5. The molecule has 0 saturated carbocycles. The fraction of sp³-hybridized carbons (Fsp3) is 0.0886. The van der Waals surface area contributed by atoms with Crippen molar-refractivity contribution in [1.82, 2.24) is 0 Å². The first kappa shape index (κ1) is 61.7. The molecule has 1 saturated heterocycles. The van der Waals surface area contributed by atoms with Gasteiger partial charge >= 0.3 is 7.12 Å². The quantitative estimate of drug-likeness (QED) is 0.109.